The van der Waals surface area contributed by atoms with Crippen molar-refractivity contribution in [1.82, 2.24) is 0 Å². The van der Waals surface area contributed by atoms with Gasteiger partial charge in [-0.3, -0.25) is 9.59 Å². The van der Waals surface area contributed by atoms with E-state index in [0.29, 0.717) is 12.2 Å². The van der Waals surface area contributed by atoms with Crippen molar-refractivity contribution in [2.75, 3.05) is 7.11 Å². The first-order valence-electron chi connectivity index (χ1n) is 6.91. The van der Waals surface area contributed by atoms with E-state index < -0.39 is 23.8 Å². The quantitative estimate of drug-likeness (QED) is 0.585. The second-order valence-electron chi connectivity index (χ2n) is 5.70. The molecule has 4 rings (SSSR count). The third-order valence-corrected chi connectivity index (χ3v) is 4.57. The molecule has 0 aromatic heterocycles. The number of esters is 2. The lowest BCUT2D eigenvalue weighted by Gasteiger charge is -2.27. The van der Waals surface area contributed by atoms with E-state index in [2.05, 4.69) is 0 Å². The van der Waals surface area contributed by atoms with Crippen LogP contribution < -0.4 is 9.47 Å². The van der Waals surface area contributed by atoms with Gasteiger partial charge in [0, 0.05) is 5.56 Å². The van der Waals surface area contributed by atoms with E-state index in [9.17, 15) is 9.59 Å². The minimum absolute atomic E-state index is 0.243. The predicted molar refractivity (Wildman–Crippen MR) is 71.8 cm³/mol. The maximum atomic E-state index is 12.1. The monoisotopic (exact) mass is 286 g/mol. The Kier molecular flexibility index (Phi) is 2.43. The highest BCUT2D eigenvalue weighted by molar-refractivity contribution is 5.98. The van der Waals surface area contributed by atoms with Crippen LogP contribution in [0.2, 0.25) is 0 Å². The van der Waals surface area contributed by atoms with Gasteiger partial charge < -0.3 is 14.2 Å². The number of carbonyl (C=O) groups excluding carboxylic acids is 2. The molecular weight excluding hydrogens is 272 g/mol. The molecule has 2 heterocycles. The Morgan fingerprint density at radius 1 is 1.19 bits per heavy atom. The van der Waals surface area contributed by atoms with Gasteiger partial charge in [0.2, 0.25) is 0 Å². The van der Waals surface area contributed by atoms with Crippen molar-refractivity contribution >= 4 is 11.9 Å². The van der Waals surface area contributed by atoms with Gasteiger partial charge in [-0.05, 0) is 37.1 Å². The van der Waals surface area contributed by atoms with Crippen LogP contribution in [0.15, 0.2) is 29.5 Å². The summed E-state index contributed by atoms with van der Waals surface area (Å²) >= 11 is 0. The Balaban J connectivity index is 1.89. The zero-order chi connectivity index (χ0) is 14.7. The van der Waals surface area contributed by atoms with Gasteiger partial charge in [0.15, 0.2) is 0 Å². The van der Waals surface area contributed by atoms with Gasteiger partial charge in [-0.1, -0.05) is 0 Å². The molecule has 5 nitrogen and oxygen atoms in total. The number of fused-ring (bicyclic) bond motifs is 5. The zero-order valence-corrected chi connectivity index (χ0v) is 11.7. The van der Waals surface area contributed by atoms with Gasteiger partial charge in [-0.2, -0.15) is 0 Å². The fourth-order valence-corrected chi connectivity index (χ4v) is 3.58. The fourth-order valence-electron chi connectivity index (χ4n) is 3.58. The Morgan fingerprint density at radius 2 is 2.00 bits per heavy atom. The Morgan fingerprint density at radius 3 is 2.76 bits per heavy atom. The van der Waals surface area contributed by atoms with E-state index >= 15 is 0 Å². The molecule has 1 fully saturated rings. The second-order valence-corrected chi connectivity index (χ2v) is 5.70. The lowest BCUT2D eigenvalue weighted by Crippen LogP contribution is -2.30. The average Bonchev–Trinajstić information content (AvgIpc) is 2.97. The van der Waals surface area contributed by atoms with Gasteiger partial charge >= 0.3 is 11.9 Å². The largest absolute Gasteiger partial charge is 0.497 e. The van der Waals surface area contributed by atoms with Gasteiger partial charge in [-0.25, -0.2) is 0 Å². The summed E-state index contributed by atoms with van der Waals surface area (Å²) in [5, 5.41) is 0. The Labute approximate surface area is 121 Å². The van der Waals surface area contributed by atoms with Crippen molar-refractivity contribution in [3.63, 3.8) is 0 Å². The van der Waals surface area contributed by atoms with Crippen LogP contribution in [0.4, 0.5) is 0 Å². The van der Waals surface area contributed by atoms with Gasteiger partial charge in [-0.15, -0.1) is 0 Å². The summed E-state index contributed by atoms with van der Waals surface area (Å²) in [5.74, 6) is 0.230. The Bertz CT molecular complexity index is 703. The third kappa shape index (κ3) is 1.57. The summed E-state index contributed by atoms with van der Waals surface area (Å²) in [7, 11) is 1.59. The first-order chi connectivity index (χ1) is 10.1. The summed E-state index contributed by atoms with van der Waals surface area (Å²) in [6, 6.07) is 5.53. The van der Waals surface area contributed by atoms with E-state index in [1.807, 2.05) is 25.1 Å². The van der Waals surface area contributed by atoms with Crippen molar-refractivity contribution in [2.45, 2.75) is 19.3 Å². The predicted octanol–water partition coefficient (Wildman–Crippen LogP) is 2.16. The van der Waals surface area contributed by atoms with Gasteiger partial charge in [0.05, 0.1) is 24.9 Å². The van der Waals surface area contributed by atoms with Crippen LogP contribution in [0.1, 0.15) is 24.8 Å². The first-order valence-corrected chi connectivity index (χ1v) is 6.91. The molecule has 0 bridgehead atoms. The number of allylic oxidation sites excluding steroid dienone is 2. The molecule has 1 saturated heterocycles. The number of benzene rings is 1. The highest BCUT2D eigenvalue weighted by atomic mass is 16.6. The van der Waals surface area contributed by atoms with Crippen molar-refractivity contribution in [1.29, 1.82) is 0 Å². The van der Waals surface area contributed by atoms with Crippen LogP contribution in [0.25, 0.3) is 0 Å². The molecule has 0 spiro atoms. The molecule has 21 heavy (non-hydrogen) atoms. The topological polar surface area (TPSA) is 61.8 Å². The van der Waals surface area contributed by atoms with E-state index in [4.69, 9.17) is 14.2 Å². The maximum absolute atomic E-state index is 12.1. The molecule has 1 aromatic rings. The van der Waals surface area contributed by atoms with Crippen LogP contribution in [0.5, 0.6) is 11.5 Å². The molecule has 108 valence electrons. The highest BCUT2D eigenvalue weighted by Gasteiger charge is 2.55. The molecule has 3 unspecified atom stereocenters. The minimum atomic E-state index is -0.482. The van der Waals surface area contributed by atoms with Crippen molar-refractivity contribution in [2.24, 2.45) is 11.8 Å². The normalized spacial score (nSPS) is 29.5. The number of ether oxygens (including phenoxy) is 3. The summed E-state index contributed by atoms with van der Waals surface area (Å²) < 4.78 is 16.0. The molecule has 1 aromatic carbocycles. The lowest BCUT2D eigenvalue weighted by atomic mass is 9.71. The van der Waals surface area contributed by atoms with Crippen LogP contribution in [0, 0.1) is 11.8 Å². The van der Waals surface area contributed by atoms with E-state index in [1.54, 1.807) is 7.11 Å². The molecule has 0 amide bonds. The number of carbonyl (C=O) groups is 2. The molecule has 5 heteroatoms. The molecule has 0 saturated carbocycles. The summed E-state index contributed by atoms with van der Waals surface area (Å²) in [6.45, 7) is 1.94. The molecule has 3 aliphatic rings. The Hall–Kier alpha value is -2.30. The van der Waals surface area contributed by atoms with E-state index in [0.717, 1.165) is 22.6 Å². The minimum Gasteiger partial charge on any atom is -0.497 e. The smallest absolute Gasteiger partial charge is 0.318 e. The molecule has 3 atom stereocenters. The maximum Gasteiger partial charge on any atom is 0.318 e. The second kappa shape index (κ2) is 4.10. The number of methoxy groups -OCH3 is 1. The third-order valence-electron chi connectivity index (χ3n) is 4.57. The van der Waals surface area contributed by atoms with Crippen molar-refractivity contribution in [3.05, 3.63) is 35.1 Å². The van der Waals surface area contributed by atoms with Crippen LogP contribution in [-0.2, 0) is 14.3 Å². The first kappa shape index (κ1) is 12.4. The summed E-state index contributed by atoms with van der Waals surface area (Å²) in [5.41, 5.74) is 1.90. The fraction of sp³-hybridized carbons (Fsp3) is 0.375. The average molecular weight is 286 g/mol. The van der Waals surface area contributed by atoms with Crippen LogP contribution in [-0.4, -0.2) is 19.0 Å². The molecule has 2 aliphatic heterocycles. The SMILES string of the molecule is COc1ccc2c(c1)C1C(=C(C)CC3C(=O)OC(=O)C31)O2. The van der Waals surface area contributed by atoms with Crippen molar-refractivity contribution < 1.29 is 23.8 Å². The number of hydrogen-bond acceptors (Lipinski definition) is 5. The highest BCUT2D eigenvalue weighted by Crippen LogP contribution is 2.55. The zero-order valence-electron chi connectivity index (χ0n) is 11.7. The summed E-state index contributed by atoms with van der Waals surface area (Å²) in [6.07, 6.45) is 0.520. The van der Waals surface area contributed by atoms with Crippen molar-refractivity contribution in [3.8, 4) is 11.5 Å². The molecule has 0 radical (unpaired) electrons. The number of cyclic esters (lactones) is 2. The van der Waals surface area contributed by atoms with Crippen LogP contribution in [0.3, 0.4) is 0 Å². The number of rotatable bonds is 1. The lowest BCUT2D eigenvalue weighted by molar-refractivity contribution is -0.153. The van der Waals surface area contributed by atoms with Crippen LogP contribution >= 0.6 is 0 Å². The number of hydrogen-bond donors (Lipinski definition) is 0. The molecular formula is C16H14O5. The van der Waals surface area contributed by atoms with E-state index in [1.165, 1.54) is 0 Å². The van der Waals surface area contributed by atoms with E-state index in [-0.39, 0.29) is 5.92 Å². The van der Waals surface area contributed by atoms with Gasteiger partial charge in [0.1, 0.15) is 17.3 Å². The van der Waals surface area contributed by atoms with Gasteiger partial charge in [0.25, 0.3) is 0 Å². The summed E-state index contributed by atoms with van der Waals surface area (Å²) in [4.78, 5) is 23.9. The standard InChI is InChI=1S/C16H14O5/c1-7-5-10-13(16(18)21-15(10)17)12-9-6-8(19-2)3-4-11(9)20-14(7)12/h3-4,6,10,12-13H,5H2,1-2H3. The molecule has 1 aliphatic carbocycles. The molecule has 0 N–H and O–H groups in total.